The lowest BCUT2D eigenvalue weighted by molar-refractivity contribution is -0.120. The fourth-order valence-corrected chi connectivity index (χ4v) is 1.71. The van der Waals surface area contributed by atoms with Crippen LogP contribution in [0, 0.1) is 5.92 Å². The predicted molar refractivity (Wildman–Crippen MR) is 60.3 cm³/mol. The second-order valence-electron chi connectivity index (χ2n) is 3.87. The van der Waals surface area contributed by atoms with E-state index in [0.29, 0.717) is 12.3 Å². The summed E-state index contributed by atoms with van der Waals surface area (Å²) in [6.45, 7) is 4.34. The summed E-state index contributed by atoms with van der Waals surface area (Å²) in [5.41, 5.74) is 4.83. The molecule has 0 aliphatic heterocycles. The molecule has 15 heavy (non-hydrogen) atoms. The van der Waals surface area contributed by atoms with Crippen molar-refractivity contribution in [2.24, 2.45) is 11.7 Å². The van der Waals surface area contributed by atoms with Crippen molar-refractivity contribution >= 4 is 11.9 Å². The van der Waals surface area contributed by atoms with Crippen LogP contribution >= 0.6 is 0 Å². The van der Waals surface area contributed by atoms with Gasteiger partial charge in [-0.3, -0.25) is 10.1 Å². The number of nitrogens with two attached hydrogens (primary N) is 1. The number of hydrogen-bond acceptors (Lipinski definition) is 2. The molecular formula is C11H22N2O2. The zero-order valence-electron chi connectivity index (χ0n) is 9.71. The Bertz CT molecular complexity index is 205. The smallest absolute Gasteiger partial charge is 0.318 e. The summed E-state index contributed by atoms with van der Waals surface area (Å²) in [6.07, 6.45) is 5.84. The summed E-state index contributed by atoms with van der Waals surface area (Å²) in [7, 11) is 0. The van der Waals surface area contributed by atoms with E-state index in [1.165, 1.54) is 12.8 Å². The van der Waals surface area contributed by atoms with E-state index < -0.39 is 6.03 Å². The van der Waals surface area contributed by atoms with Crippen molar-refractivity contribution in [3.63, 3.8) is 0 Å². The van der Waals surface area contributed by atoms with Crippen LogP contribution in [0.2, 0.25) is 0 Å². The Morgan fingerprint density at radius 3 is 2.40 bits per heavy atom. The largest absolute Gasteiger partial charge is 0.351 e. The fraction of sp³-hybridized carbons (Fsp3) is 0.818. The molecule has 0 aliphatic carbocycles. The van der Waals surface area contributed by atoms with Crippen LogP contribution in [-0.2, 0) is 4.79 Å². The van der Waals surface area contributed by atoms with Gasteiger partial charge in [0.05, 0.1) is 0 Å². The van der Waals surface area contributed by atoms with Gasteiger partial charge in [0, 0.05) is 6.42 Å². The first kappa shape index (κ1) is 13.9. The molecule has 88 valence electrons. The zero-order valence-corrected chi connectivity index (χ0v) is 9.71. The summed E-state index contributed by atoms with van der Waals surface area (Å²) in [5, 5.41) is 2.07. The summed E-state index contributed by atoms with van der Waals surface area (Å²) in [4.78, 5) is 21.4. The molecule has 0 saturated carbocycles. The van der Waals surface area contributed by atoms with Crippen LogP contribution in [0.1, 0.15) is 52.4 Å². The van der Waals surface area contributed by atoms with Gasteiger partial charge in [0.15, 0.2) is 0 Å². The number of primary amides is 1. The molecular weight excluding hydrogens is 192 g/mol. The van der Waals surface area contributed by atoms with E-state index in [4.69, 9.17) is 5.73 Å². The Morgan fingerprint density at radius 1 is 1.27 bits per heavy atom. The van der Waals surface area contributed by atoms with Crippen molar-refractivity contribution in [2.75, 3.05) is 0 Å². The molecule has 0 rings (SSSR count). The van der Waals surface area contributed by atoms with Crippen molar-refractivity contribution in [3.05, 3.63) is 0 Å². The van der Waals surface area contributed by atoms with Crippen molar-refractivity contribution in [1.29, 1.82) is 0 Å². The highest BCUT2D eigenvalue weighted by Crippen LogP contribution is 2.17. The first-order chi connectivity index (χ1) is 7.10. The molecule has 0 aliphatic rings. The third kappa shape index (κ3) is 7.97. The minimum absolute atomic E-state index is 0.270. The molecule has 0 aromatic carbocycles. The normalized spacial score (nSPS) is 12.1. The lowest BCUT2D eigenvalue weighted by Crippen LogP contribution is -2.34. The molecule has 3 N–H and O–H groups in total. The molecule has 4 heteroatoms. The Kier molecular flexibility index (Phi) is 7.68. The van der Waals surface area contributed by atoms with Crippen LogP contribution in [0.4, 0.5) is 4.79 Å². The van der Waals surface area contributed by atoms with Gasteiger partial charge >= 0.3 is 6.03 Å². The van der Waals surface area contributed by atoms with E-state index >= 15 is 0 Å². The van der Waals surface area contributed by atoms with E-state index in [1.807, 2.05) is 0 Å². The highest BCUT2D eigenvalue weighted by molar-refractivity contribution is 5.93. The van der Waals surface area contributed by atoms with Crippen molar-refractivity contribution in [3.8, 4) is 0 Å². The van der Waals surface area contributed by atoms with Gasteiger partial charge in [0.2, 0.25) is 5.91 Å². The van der Waals surface area contributed by atoms with Crippen LogP contribution in [-0.4, -0.2) is 11.9 Å². The molecule has 0 bridgehead atoms. The molecule has 0 saturated heterocycles. The van der Waals surface area contributed by atoms with Crippen molar-refractivity contribution in [1.82, 2.24) is 5.32 Å². The Hall–Kier alpha value is -1.06. The second-order valence-corrected chi connectivity index (χ2v) is 3.87. The molecule has 0 heterocycles. The maximum absolute atomic E-state index is 11.1. The van der Waals surface area contributed by atoms with E-state index in [2.05, 4.69) is 19.2 Å². The number of hydrogen-bond donors (Lipinski definition) is 2. The highest BCUT2D eigenvalue weighted by atomic mass is 16.2. The average molecular weight is 214 g/mol. The highest BCUT2D eigenvalue weighted by Gasteiger charge is 2.08. The first-order valence-electron chi connectivity index (χ1n) is 5.69. The molecule has 3 amide bonds. The van der Waals surface area contributed by atoms with Crippen molar-refractivity contribution in [2.45, 2.75) is 52.4 Å². The molecule has 4 nitrogen and oxygen atoms in total. The van der Waals surface area contributed by atoms with E-state index in [0.717, 1.165) is 19.3 Å². The predicted octanol–water partition coefficient (Wildman–Crippen LogP) is 2.18. The second kappa shape index (κ2) is 8.26. The number of nitrogens with one attached hydrogen (secondary N) is 1. The van der Waals surface area contributed by atoms with E-state index in [9.17, 15) is 9.59 Å². The third-order valence-corrected chi connectivity index (χ3v) is 2.55. The van der Waals surface area contributed by atoms with Gasteiger partial charge in [0.25, 0.3) is 0 Å². The first-order valence-corrected chi connectivity index (χ1v) is 5.69. The molecule has 0 spiro atoms. The molecule has 0 aromatic heterocycles. The van der Waals surface area contributed by atoms with Crippen LogP contribution in [0.5, 0.6) is 0 Å². The Balaban J connectivity index is 3.58. The fourth-order valence-electron chi connectivity index (χ4n) is 1.71. The summed E-state index contributed by atoms with van der Waals surface area (Å²) in [5.74, 6) is 0.435. The molecule has 0 aromatic rings. The Labute approximate surface area is 91.6 Å². The van der Waals surface area contributed by atoms with E-state index in [1.54, 1.807) is 0 Å². The Morgan fingerprint density at radius 2 is 1.93 bits per heavy atom. The third-order valence-electron chi connectivity index (χ3n) is 2.55. The van der Waals surface area contributed by atoms with Crippen LogP contribution in [0.25, 0.3) is 0 Å². The van der Waals surface area contributed by atoms with Gasteiger partial charge in [0.1, 0.15) is 0 Å². The maximum Gasteiger partial charge on any atom is 0.318 e. The van der Waals surface area contributed by atoms with Gasteiger partial charge in [-0.2, -0.15) is 0 Å². The van der Waals surface area contributed by atoms with Gasteiger partial charge in [-0.25, -0.2) is 4.79 Å². The zero-order chi connectivity index (χ0) is 11.7. The van der Waals surface area contributed by atoms with E-state index in [-0.39, 0.29) is 5.91 Å². The van der Waals surface area contributed by atoms with Crippen LogP contribution in [0.3, 0.4) is 0 Å². The molecule has 1 atom stereocenters. The van der Waals surface area contributed by atoms with Crippen LogP contribution < -0.4 is 11.1 Å². The maximum atomic E-state index is 11.1. The quantitative estimate of drug-likeness (QED) is 0.681. The average Bonchev–Trinajstić information content (AvgIpc) is 2.15. The van der Waals surface area contributed by atoms with Gasteiger partial charge in [-0.15, -0.1) is 0 Å². The topological polar surface area (TPSA) is 72.2 Å². The summed E-state index contributed by atoms with van der Waals surface area (Å²) in [6, 6.07) is -0.763. The number of imide groups is 1. The van der Waals surface area contributed by atoms with Crippen molar-refractivity contribution < 1.29 is 9.59 Å². The number of rotatable bonds is 7. The molecule has 0 radical (unpaired) electrons. The van der Waals surface area contributed by atoms with Gasteiger partial charge in [-0.1, -0.05) is 33.1 Å². The lowest BCUT2D eigenvalue weighted by Gasteiger charge is -2.12. The number of urea groups is 1. The van der Waals surface area contributed by atoms with Crippen LogP contribution in [0.15, 0.2) is 0 Å². The van der Waals surface area contributed by atoms with Gasteiger partial charge in [-0.05, 0) is 18.8 Å². The number of carbonyl (C=O) groups excluding carboxylic acids is 2. The minimum atomic E-state index is -0.763. The monoisotopic (exact) mass is 214 g/mol. The standard InChI is InChI=1S/C11H22N2O2/c1-3-6-9(4-2)7-5-8-10(14)13-11(12)15/h9H,3-8H2,1-2H3,(H3,12,13,14,15)/t9-/m0/s1. The molecule has 0 unspecified atom stereocenters. The van der Waals surface area contributed by atoms with Gasteiger partial charge < -0.3 is 5.73 Å². The number of amides is 3. The summed E-state index contributed by atoms with van der Waals surface area (Å²) < 4.78 is 0. The SMILES string of the molecule is CCC[C@H](CC)CCCC(=O)NC(N)=O. The lowest BCUT2D eigenvalue weighted by atomic mass is 9.94. The summed E-state index contributed by atoms with van der Waals surface area (Å²) >= 11 is 0. The molecule has 0 fully saturated rings. The minimum Gasteiger partial charge on any atom is -0.351 e. The number of carbonyl (C=O) groups is 2.